The fourth-order valence-corrected chi connectivity index (χ4v) is 3.23. The smallest absolute Gasteiger partial charge is 0.337 e. The lowest BCUT2D eigenvalue weighted by molar-refractivity contribution is 0.0601. The molecule has 1 aromatic heterocycles. The number of hydrogen-bond acceptors (Lipinski definition) is 5. The number of rotatable bonds is 3. The van der Waals surface area contributed by atoms with Crippen LogP contribution in [0.4, 0.5) is 5.13 Å². The Kier molecular flexibility index (Phi) is 4.71. The molecule has 0 bridgehead atoms. The minimum Gasteiger partial charge on any atom is -0.465 e. The van der Waals surface area contributed by atoms with Gasteiger partial charge in [0, 0.05) is 5.56 Å². The molecule has 0 saturated carbocycles. The number of esters is 1. The van der Waals surface area contributed by atoms with Crippen molar-refractivity contribution in [2.75, 3.05) is 12.4 Å². The van der Waals surface area contributed by atoms with E-state index in [1.165, 1.54) is 24.5 Å². The number of nitrogens with zero attached hydrogens (tertiary/aromatic N) is 1. The molecule has 0 spiro atoms. The van der Waals surface area contributed by atoms with E-state index in [1.807, 2.05) is 0 Å². The van der Waals surface area contributed by atoms with Crippen molar-refractivity contribution in [2.24, 2.45) is 0 Å². The third kappa shape index (κ3) is 3.36. The molecule has 0 atom stereocenters. The van der Waals surface area contributed by atoms with Gasteiger partial charge in [-0.25, -0.2) is 9.78 Å². The molecule has 0 aliphatic rings. The maximum atomic E-state index is 12.3. The zero-order valence-electron chi connectivity index (χ0n) is 12.3. The van der Waals surface area contributed by atoms with Crippen molar-refractivity contribution in [3.8, 4) is 0 Å². The molecule has 0 saturated heterocycles. The second kappa shape index (κ2) is 6.76. The van der Waals surface area contributed by atoms with E-state index in [1.54, 1.807) is 30.3 Å². The van der Waals surface area contributed by atoms with Gasteiger partial charge in [0.05, 0.1) is 32.9 Å². The van der Waals surface area contributed by atoms with Crippen LogP contribution in [-0.2, 0) is 4.74 Å². The molecular formula is C16H10Cl2N2O3S. The van der Waals surface area contributed by atoms with E-state index in [9.17, 15) is 9.59 Å². The first-order chi connectivity index (χ1) is 11.5. The summed E-state index contributed by atoms with van der Waals surface area (Å²) in [5, 5.41) is 3.81. The van der Waals surface area contributed by atoms with Crippen molar-refractivity contribution < 1.29 is 14.3 Å². The summed E-state index contributed by atoms with van der Waals surface area (Å²) in [6, 6.07) is 9.62. The van der Waals surface area contributed by atoms with Crippen LogP contribution >= 0.6 is 34.5 Å². The lowest BCUT2D eigenvalue weighted by Gasteiger charge is -2.02. The highest BCUT2D eigenvalue weighted by molar-refractivity contribution is 7.22. The monoisotopic (exact) mass is 380 g/mol. The first-order valence-corrected chi connectivity index (χ1v) is 8.30. The van der Waals surface area contributed by atoms with E-state index in [-0.39, 0.29) is 5.91 Å². The van der Waals surface area contributed by atoms with Crippen LogP contribution in [0.3, 0.4) is 0 Å². The summed E-state index contributed by atoms with van der Waals surface area (Å²) in [6.07, 6.45) is 0. The number of thiazole rings is 1. The van der Waals surface area contributed by atoms with Crippen molar-refractivity contribution in [3.05, 3.63) is 57.6 Å². The second-order valence-corrected chi connectivity index (χ2v) is 6.62. The molecule has 3 rings (SSSR count). The van der Waals surface area contributed by atoms with Crippen molar-refractivity contribution >= 4 is 61.8 Å². The van der Waals surface area contributed by atoms with Gasteiger partial charge >= 0.3 is 5.97 Å². The van der Waals surface area contributed by atoms with Crippen LogP contribution in [0.15, 0.2) is 36.4 Å². The average molecular weight is 381 g/mol. The Morgan fingerprint density at radius 1 is 1.08 bits per heavy atom. The van der Waals surface area contributed by atoms with Gasteiger partial charge in [0.25, 0.3) is 5.91 Å². The molecule has 8 heteroatoms. The van der Waals surface area contributed by atoms with E-state index in [0.29, 0.717) is 31.8 Å². The first-order valence-electron chi connectivity index (χ1n) is 6.73. The number of benzene rings is 2. The highest BCUT2D eigenvalue weighted by Crippen LogP contribution is 2.28. The second-order valence-electron chi connectivity index (χ2n) is 4.78. The Labute approximate surface area is 151 Å². The van der Waals surface area contributed by atoms with Gasteiger partial charge in [0.15, 0.2) is 5.13 Å². The number of carbonyl (C=O) groups is 2. The largest absolute Gasteiger partial charge is 0.465 e. The third-order valence-electron chi connectivity index (χ3n) is 3.21. The molecule has 1 heterocycles. The lowest BCUT2D eigenvalue weighted by atomic mass is 10.2. The number of halogens is 2. The predicted octanol–water partition coefficient (Wildman–Crippen LogP) is 4.64. The molecule has 0 radical (unpaired) electrons. The molecule has 24 heavy (non-hydrogen) atoms. The Hall–Kier alpha value is -2.15. The zero-order chi connectivity index (χ0) is 17.3. The molecule has 5 nitrogen and oxygen atoms in total. The number of methoxy groups -OCH3 is 1. The number of hydrogen-bond donors (Lipinski definition) is 1. The fraction of sp³-hybridized carbons (Fsp3) is 0.0625. The number of aromatic nitrogens is 1. The number of carbonyl (C=O) groups excluding carboxylic acids is 2. The van der Waals surface area contributed by atoms with Crippen LogP contribution < -0.4 is 5.32 Å². The highest BCUT2D eigenvalue weighted by atomic mass is 35.5. The summed E-state index contributed by atoms with van der Waals surface area (Å²) in [7, 11) is 1.32. The molecule has 0 aliphatic heterocycles. The minimum absolute atomic E-state index is 0.302. The van der Waals surface area contributed by atoms with Gasteiger partial charge in [-0.3, -0.25) is 10.1 Å². The lowest BCUT2D eigenvalue weighted by Crippen LogP contribution is -2.11. The summed E-state index contributed by atoms with van der Waals surface area (Å²) >= 11 is 13.0. The van der Waals surface area contributed by atoms with Gasteiger partial charge in [-0.15, -0.1) is 0 Å². The van der Waals surface area contributed by atoms with Crippen molar-refractivity contribution in [2.45, 2.75) is 0 Å². The van der Waals surface area contributed by atoms with Crippen molar-refractivity contribution in [1.29, 1.82) is 0 Å². The maximum absolute atomic E-state index is 12.3. The van der Waals surface area contributed by atoms with E-state index < -0.39 is 5.97 Å². The van der Waals surface area contributed by atoms with Gasteiger partial charge in [-0.05, 0) is 36.4 Å². The van der Waals surface area contributed by atoms with Gasteiger partial charge < -0.3 is 4.74 Å². The predicted molar refractivity (Wildman–Crippen MR) is 95.4 cm³/mol. The SMILES string of the molecule is COC(=O)c1ccc2nc(NC(=O)c3ccc(Cl)c(Cl)c3)sc2c1. The summed E-state index contributed by atoms with van der Waals surface area (Å²) in [4.78, 5) is 28.1. The van der Waals surface area contributed by atoms with Gasteiger partial charge in [0.1, 0.15) is 0 Å². The van der Waals surface area contributed by atoms with Crippen LogP contribution in [-0.4, -0.2) is 24.0 Å². The van der Waals surface area contributed by atoms with Crippen LogP contribution in [0.1, 0.15) is 20.7 Å². The first kappa shape index (κ1) is 16.7. The summed E-state index contributed by atoms with van der Waals surface area (Å²) in [5.74, 6) is -0.771. The van der Waals surface area contributed by atoms with Crippen LogP contribution in [0.2, 0.25) is 10.0 Å². The van der Waals surface area contributed by atoms with E-state index in [4.69, 9.17) is 23.2 Å². The van der Waals surface area contributed by atoms with Gasteiger partial charge in [-0.1, -0.05) is 34.5 Å². The number of amides is 1. The topological polar surface area (TPSA) is 68.3 Å². The van der Waals surface area contributed by atoms with Gasteiger partial charge in [0.2, 0.25) is 0 Å². The molecule has 0 unspecified atom stereocenters. The molecule has 2 aromatic carbocycles. The Morgan fingerprint density at radius 3 is 2.54 bits per heavy atom. The van der Waals surface area contributed by atoms with E-state index in [0.717, 1.165) is 4.70 Å². The van der Waals surface area contributed by atoms with Crippen LogP contribution in [0.5, 0.6) is 0 Å². The van der Waals surface area contributed by atoms with Crippen LogP contribution in [0, 0.1) is 0 Å². The number of fused-ring (bicyclic) bond motifs is 1. The maximum Gasteiger partial charge on any atom is 0.337 e. The normalized spacial score (nSPS) is 10.6. The minimum atomic E-state index is -0.424. The Bertz CT molecular complexity index is 956. The average Bonchev–Trinajstić information content (AvgIpc) is 2.97. The molecule has 1 N–H and O–H groups in total. The van der Waals surface area contributed by atoms with Crippen molar-refractivity contribution in [1.82, 2.24) is 4.98 Å². The molecule has 122 valence electrons. The van der Waals surface area contributed by atoms with Crippen molar-refractivity contribution in [3.63, 3.8) is 0 Å². The number of nitrogens with one attached hydrogen (secondary N) is 1. The standard InChI is InChI=1S/C16H10Cl2N2O3S/c1-23-15(22)9-3-5-12-13(7-9)24-16(19-12)20-14(21)8-2-4-10(17)11(18)6-8/h2-7H,1H3,(H,19,20,21). The summed E-state index contributed by atoms with van der Waals surface area (Å²) in [6.45, 7) is 0. The van der Waals surface area contributed by atoms with E-state index in [2.05, 4.69) is 15.0 Å². The molecule has 0 fully saturated rings. The van der Waals surface area contributed by atoms with Gasteiger partial charge in [-0.2, -0.15) is 0 Å². The number of ether oxygens (including phenoxy) is 1. The molecule has 0 aliphatic carbocycles. The zero-order valence-corrected chi connectivity index (χ0v) is 14.6. The van der Waals surface area contributed by atoms with E-state index >= 15 is 0 Å². The quantitative estimate of drug-likeness (QED) is 0.671. The van der Waals surface area contributed by atoms with Crippen LogP contribution in [0.25, 0.3) is 10.2 Å². The highest BCUT2D eigenvalue weighted by Gasteiger charge is 2.13. The molecular weight excluding hydrogens is 371 g/mol. The summed E-state index contributed by atoms with van der Waals surface area (Å²) in [5.41, 5.74) is 1.48. The summed E-state index contributed by atoms with van der Waals surface area (Å²) < 4.78 is 5.45. The molecule has 1 amide bonds. The number of anilines is 1. The Balaban J connectivity index is 1.85. The third-order valence-corrected chi connectivity index (χ3v) is 4.88. The fourth-order valence-electron chi connectivity index (χ4n) is 2.03. The Morgan fingerprint density at radius 2 is 1.83 bits per heavy atom. The molecule has 3 aromatic rings.